The molecule has 0 bridgehead atoms. The molecule has 0 aliphatic rings. The van der Waals surface area contributed by atoms with Gasteiger partial charge in [-0.1, -0.05) is 65.2 Å². The van der Waals surface area contributed by atoms with Gasteiger partial charge in [0, 0.05) is 0 Å². The number of carbonyl (C=O) groups is 1. The molecule has 0 fully saturated rings. The van der Waals surface area contributed by atoms with Crippen LogP contribution in [-0.2, 0) is 14.8 Å². The van der Waals surface area contributed by atoms with Crippen molar-refractivity contribution in [3.8, 4) is 0 Å². The van der Waals surface area contributed by atoms with Crippen LogP contribution in [0.1, 0.15) is 29.2 Å². The predicted octanol–water partition coefficient (Wildman–Crippen LogP) is 4.35. The van der Waals surface area contributed by atoms with Crippen LogP contribution in [-0.4, -0.2) is 26.6 Å². The predicted molar refractivity (Wildman–Crippen MR) is 128 cm³/mol. The third-order valence-corrected chi connectivity index (χ3v) is 6.82. The number of rotatable bonds is 7. The van der Waals surface area contributed by atoms with Crippen LogP contribution in [0, 0.1) is 20.8 Å². The number of hydrogen-bond donors (Lipinski definition) is 1. The summed E-state index contributed by atoms with van der Waals surface area (Å²) >= 11 is 0. The van der Waals surface area contributed by atoms with Crippen molar-refractivity contribution in [2.24, 2.45) is 5.10 Å². The zero-order valence-electron chi connectivity index (χ0n) is 18.7. The number of nitrogens with one attached hydrogen (secondary N) is 1. The molecule has 0 aliphatic carbocycles. The van der Waals surface area contributed by atoms with E-state index in [1.165, 1.54) is 0 Å². The Labute approximate surface area is 189 Å². The van der Waals surface area contributed by atoms with Crippen LogP contribution in [0.25, 0.3) is 0 Å². The smallest absolute Gasteiger partial charge is 0.264 e. The molecule has 1 N–H and O–H groups in total. The first-order chi connectivity index (χ1) is 15.2. The number of sulfonamides is 1. The molecule has 166 valence electrons. The quantitative estimate of drug-likeness (QED) is 0.430. The van der Waals surface area contributed by atoms with E-state index in [2.05, 4.69) is 10.5 Å². The number of benzene rings is 3. The van der Waals surface area contributed by atoms with Crippen molar-refractivity contribution >= 4 is 27.3 Å². The van der Waals surface area contributed by atoms with E-state index in [9.17, 15) is 13.2 Å². The van der Waals surface area contributed by atoms with Crippen molar-refractivity contribution in [2.45, 2.75) is 32.6 Å². The normalized spacial score (nSPS) is 11.8. The first-order valence-corrected chi connectivity index (χ1v) is 11.7. The van der Waals surface area contributed by atoms with E-state index in [0.29, 0.717) is 11.4 Å². The molecule has 0 radical (unpaired) electrons. The number of amides is 1. The van der Waals surface area contributed by atoms with Crippen LogP contribution >= 0.6 is 0 Å². The van der Waals surface area contributed by atoms with Crippen LogP contribution in [0.4, 0.5) is 5.69 Å². The molecule has 1 amide bonds. The molecule has 3 aromatic rings. The fourth-order valence-electron chi connectivity index (χ4n) is 3.03. The van der Waals surface area contributed by atoms with Gasteiger partial charge in [-0.15, -0.1) is 0 Å². The van der Waals surface area contributed by atoms with E-state index >= 15 is 0 Å². The third-order valence-electron chi connectivity index (χ3n) is 5.04. The van der Waals surface area contributed by atoms with Crippen LogP contribution in [0.15, 0.2) is 82.8 Å². The summed E-state index contributed by atoms with van der Waals surface area (Å²) in [7, 11) is -3.95. The molecule has 0 saturated carbocycles. The van der Waals surface area contributed by atoms with E-state index in [1.807, 2.05) is 57.2 Å². The maximum Gasteiger partial charge on any atom is 0.264 e. The van der Waals surface area contributed by atoms with Crippen molar-refractivity contribution in [2.75, 3.05) is 10.8 Å². The number of hydrogen-bond acceptors (Lipinski definition) is 4. The first-order valence-electron chi connectivity index (χ1n) is 10.2. The van der Waals surface area contributed by atoms with Gasteiger partial charge in [-0.25, -0.2) is 13.8 Å². The Kier molecular flexibility index (Phi) is 7.10. The number of aryl methyl sites for hydroxylation is 3. The highest BCUT2D eigenvalue weighted by atomic mass is 32.2. The van der Waals surface area contributed by atoms with Crippen LogP contribution < -0.4 is 9.73 Å². The van der Waals surface area contributed by atoms with Gasteiger partial charge in [0.25, 0.3) is 15.9 Å². The molecule has 7 heteroatoms. The minimum atomic E-state index is -3.95. The first kappa shape index (κ1) is 23.2. The van der Waals surface area contributed by atoms with E-state index in [4.69, 9.17) is 0 Å². The fraction of sp³-hybridized carbons (Fsp3) is 0.200. The molecule has 0 aromatic heterocycles. The number of nitrogens with zero attached hydrogens (tertiary/aromatic N) is 2. The molecule has 3 aromatic carbocycles. The summed E-state index contributed by atoms with van der Waals surface area (Å²) in [5.41, 5.74) is 7.46. The largest absolute Gasteiger partial charge is 0.271 e. The van der Waals surface area contributed by atoms with Gasteiger partial charge in [0.05, 0.1) is 16.3 Å². The van der Waals surface area contributed by atoms with Crippen molar-refractivity contribution in [1.29, 1.82) is 0 Å². The zero-order valence-corrected chi connectivity index (χ0v) is 19.5. The van der Waals surface area contributed by atoms with E-state index in [-0.39, 0.29) is 4.90 Å². The lowest BCUT2D eigenvalue weighted by Gasteiger charge is -2.24. The molecule has 0 unspecified atom stereocenters. The summed E-state index contributed by atoms with van der Waals surface area (Å²) < 4.78 is 27.8. The van der Waals surface area contributed by atoms with Gasteiger partial charge < -0.3 is 0 Å². The summed E-state index contributed by atoms with van der Waals surface area (Å²) in [6.07, 6.45) is 0. The van der Waals surface area contributed by atoms with Gasteiger partial charge in [0.15, 0.2) is 0 Å². The maximum atomic E-state index is 13.4. The van der Waals surface area contributed by atoms with Crippen molar-refractivity contribution in [3.05, 3.63) is 95.1 Å². The lowest BCUT2D eigenvalue weighted by molar-refractivity contribution is -0.119. The van der Waals surface area contributed by atoms with E-state index in [1.54, 1.807) is 43.3 Å². The van der Waals surface area contributed by atoms with E-state index < -0.39 is 22.5 Å². The Balaban J connectivity index is 1.86. The summed E-state index contributed by atoms with van der Waals surface area (Å²) in [6, 6.07) is 21.3. The van der Waals surface area contributed by atoms with Gasteiger partial charge >= 0.3 is 0 Å². The monoisotopic (exact) mass is 449 g/mol. The standard InChI is InChI=1S/C25H27N3O3S/c1-18-5-11-22(12-6-18)21(4)26-27-25(29)17-28(23-13-7-19(2)8-14-23)32(30,31)24-15-9-20(3)10-16-24/h5-16H,17H2,1-4H3,(H,27,29)/b26-21-. The van der Waals surface area contributed by atoms with Gasteiger partial charge in [0.2, 0.25) is 0 Å². The van der Waals surface area contributed by atoms with Crippen LogP contribution in [0.3, 0.4) is 0 Å². The topological polar surface area (TPSA) is 78.8 Å². The van der Waals surface area contributed by atoms with Crippen molar-refractivity contribution in [3.63, 3.8) is 0 Å². The van der Waals surface area contributed by atoms with Gasteiger partial charge in [0.1, 0.15) is 6.54 Å². The second-order valence-corrected chi connectivity index (χ2v) is 9.62. The highest BCUT2D eigenvalue weighted by Gasteiger charge is 2.27. The maximum absolute atomic E-state index is 13.4. The average molecular weight is 450 g/mol. The van der Waals surface area contributed by atoms with Crippen LogP contribution in [0.5, 0.6) is 0 Å². The summed E-state index contributed by atoms with van der Waals surface area (Å²) in [6.45, 7) is 7.18. The summed E-state index contributed by atoms with van der Waals surface area (Å²) in [4.78, 5) is 12.8. The molecular weight excluding hydrogens is 422 g/mol. The summed E-state index contributed by atoms with van der Waals surface area (Å²) in [5, 5.41) is 4.15. The van der Waals surface area contributed by atoms with Gasteiger partial charge in [-0.3, -0.25) is 9.10 Å². The zero-order chi connectivity index (χ0) is 23.3. The van der Waals surface area contributed by atoms with Gasteiger partial charge in [-0.05, 0) is 57.5 Å². The van der Waals surface area contributed by atoms with E-state index in [0.717, 1.165) is 26.6 Å². The molecule has 3 rings (SSSR count). The fourth-order valence-corrected chi connectivity index (χ4v) is 4.46. The molecule has 0 aliphatic heterocycles. The Bertz CT molecular complexity index is 1210. The summed E-state index contributed by atoms with van der Waals surface area (Å²) in [5.74, 6) is -0.535. The van der Waals surface area contributed by atoms with Crippen molar-refractivity contribution < 1.29 is 13.2 Å². The third kappa shape index (κ3) is 5.62. The molecule has 0 saturated heterocycles. The van der Waals surface area contributed by atoms with Gasteiger partial charge in [-0.2, -0.15) is 5.10 Å². The average Bonchev–Trinajstić information content (AvgIpc) is 2.77. The lowest BCUT2D eigenvalue weighted by atomic mass is 10.1. The minimum absolute atomic E-state index is 0.121. The Morgan fingerprint density at radius 1 is 0.812 bits per heavy atom. The molecule has 0 atom stereocenters. The Morgan fingerprint density at radius 2 is 1.28 bits per heavy atom. The molecule has 0 heterocycles. The van der Waals surface area contributed by atoms with Crippen molar-refractivity contribution in [1.82, 2.24) is 5.43 Å². The Morgan fingerprint density at radius 3 is 1.81 bits per heavy atom. The molecule has 6 nitrogen and oxygen atoms in total. The SMILES string of the molecule is C/C(=N/NC(=O)CN(c1ccc(C)cc1)S(=O)(=O)c1ccc(C)cc1)c1ccc(C)cc1. The minimum Gasteiger partial charge on any atom is -0.271 e. The molecular formula is C25H27N3O3S. The molecule has 0 spiro atoms. The Hall–Kier alpha value is -3.45. The lowest BCUT2D eigenvalue weighted by Crippen LogP contribution is -2.39. The van der Waals surface area contributed by atoms with Crippen LogP contribution in [0.2, 0.25) is 0 Å². The highest BCUT2D eigenvalue weighted by Crippen LogP contribution is 2.24. The number of anilines is 1. The molecule has 32 heavy (non-hydrogen) atoms. The number of carbonyl (C=O) groups excluding carboxylic acids is 1. The highest BCUT2D eigenvalue weighted by molar-refractivity contribution is 7.92. The second-order valence-electron chi connectivity index (χ2n) is 7.76. The number of hydrazone groups is 1. The second kappa shape index (κ2) is 9.78.